The van der Waals surface area contributed by atoms with Crippen LogP contribution in [-0.2, 0) is 14.3 Å². The second kappa shape index (κ2) is 9.20. The molecule has 2 N–H and O–H groups in total. The molecule has 1 aliphatic rings. The number of esters is 1. The van der Waals surface area contributed by atoms with Crippen molar-refractivity contribution in [3.05, 3.63) is 0 Å². The van der Waals surface area contributed by atoms with Crippen molar-refractivity contribution < 1.29 is 19.1 Å². The van der Waals surface area contributed by atoms with Gasteiger partial charge in [-0.1, -0.05) is 0 Å². The Morgan fingerprint density at radius 1 is 1.29 bits per heavy atom. The Morgan fingerprint density at radius 2 is 2.05 bits per heavy atom. The van der Waals surface area contributed by atoms with E-state index in [-0.39, 0.29) is 23.9 Å². The number of carbonyl (C=O) groups is 3. The van der Waals surface area contributed by atoms with Gasteiger partial charge >= 0.3 is 12.0 Å². The van der Waals surface area contributed by atoms with Gasteiger partial charge in [0, 0.05) is 39.0 Å². The summed E-state index contributed by atoms with van der Waals surface area (Å²) in [7, 11) is 1.37. The first-order valence-corrected chi connectivity index (χ1v) is 7.39. The van der Waals surface area contributed by atoms with Crippen LogP contribution in [0.4, 0.5) is 4.79 Å². The summed E-state index contributed by atoms with van der Waals surface area (Å²) in [6, 6.07) is -0.0653. The van der Waals surface area contributed by atoms with Crippen LogP contribution in [0.25, 0.3) is 0 Å². The molecule has 0 aromatic carbocycles. The van der Waals surface area contributed by atoms with E-state index in [4.69, 9.17) is 0 Å². The fourth-order valence-electron chi connectivity index (χ4n) is 2.37. The first-order valence-electron chi connectivity index (χ1n) is 7.39. The van der Waals surface area contributed by atoms with Gasteiger partial charge in [-0.15, -0.1) is 0 Å². The van der Waals surface area contributed by atoms with Gasteiger partial charge in [-0.2, -0.15) is 0 Å². The zero-order valence-corrected chi connectivity index (χ0v) is 12.8. The number of hydrogen-bond acceptors (Lipinski definition) is 4. The first-order chi connectivity index (χ1) is 10.0. The molecule has 3 amide bonds. The van der Waals surface area contributed by atoms with Crippen molar-refractivity contribution in [2.24, 2.45) is 0 Å². The molecule has 21 heavy (non-hydrogen) atoms. The number of likely N-dealkylation sites (tertiary alicyclic amines) is 1. The van der Waals surface area contributed by atoms with Crippen LogP contribution in [0.5, 0.6) is 0 Å². The topological polar surface area (TPSA) is 87.7 Å². The molecule has 7 nitrogen and oxygen atoms in total. The molecule has 1 rings (SSSR count). The summed E-state index contributed by atoms with van der Waals surface area (Å²) in [5.74, 6) is -0.291. The van der Waals surface area contributed by atoms with Gasteiger partial charge in [0.25, 0.3) is 0 Å². The number of methoxy groups -OCH3 is 1. The minimum Gasteiger partial charge on any atom is -0.469 e. The maximum absolute atomic E-state index is 12.0. The molecule has 1 fully saturated rings. The molecule has 0 bridgehead atoms. The van der Waals surface area contributed by atoms with Crippen LogP contribution < -0.4 is 10.6 Å². The van der Waals surface area contributed by atoms with E-state index in [9.17, 15) is 14.4 Å². The lowest BCUT2D eigenvalue weighted by Crippen LogP contribution is -2.52. The van der Waals surface area contributed by atoms with Crippen molar-refractivity contribution in [1.82, 2.24) is 15.5 Å². The molecule has 1 unspecified atom stereocenters. The number of hydrogen-bond donors (Lipinski definition) is 2. The summed E-state index contributed by atoms with van der Waals surface area (Å²) in [4.78, 5) is 35.7. The molecule has 7 heteroatoms. The molecule has 0 aliphatic carbocycles. The Bertz CT molecular complexity index is 373. The Kier molecular flexibility index (Phi) is 7.56. The van der Waals surface area contributed by atoms with E-state index < -0.39 is 0 Å². The molecule has 1 atom stereocenters. The third kappa shape index (κ3) is 6.97. The predicted octanol–water partition coefficient (Wildman–Crippen LogP) is 0.640. The van der Waals surface area contributed by atoms with Gasteiger partial charge < -0.3 is 20.3 Å². The minimum atomic E-state index is -0.226. The third-order valence-electron chi connectivity index (χ3n) is 3.43. The van der Waals surface area contributed by atoms with Crippen molar-refractivity contribution >= 4 is 17.9 Å². The highest BCUT2D eigenvalue weighted by atomic mass is 16.5. The van der Waals surface area contributed by atoms with E-state index >= 15 is 0 Å². The lowest BCUT2D eigenvalue weighted by Gasteiger charge is -2.33. The largest absolute Gasteiger partial charge is 0.469 e. The molecular weight excluding hydrogens is 274 g/mol. The molecule has 1 heterocycles. The first kappa shape index (κ1) is 17.3. The monoisotopic (exact) mass is 299 g/mol. The third-order valence-corrected chi connectivity index (χ3v) is 3.43. The molecule has 0 aromatic heterocycles. The van der Waals surface area contributed by atoms with Crippen molar-refractivity contribution in [2.75, 3.05) is 26.7 Å². The average Bonchev–Trinajstić information content (AvgIpc) is 2.46. The number of urea groups is 1. The normalized spacial score (nSPS) is 18.0. The highest BCUT2D eigenvalue weighted by Gasteiger charge is 2.23. The van der Waals surface area contributed by atoms with Gasteiger partial charge in [-0.25, -0.2) is 4.79 Å². The zero-order chi connectivity index (χ0) is 15.7. The second-order valence-corrected chi connectivity index (χ2v) is 5.25. The standard InChI is InChI=1S/C14H25N3O4/c1-11(18)16-12-6-5-9-17(10-12)14(20)15-8-4-3-7-13(19)21-2/h12H,3-10H2,1-2H3,(H,15,20)(H,16,18). The van der Waals surface area contributed by atoms with Gasteiger partial charge in [-0.05, 0) is 25.7 Å². The Hall–Kier alpha value is -1.79. The van der Waals surface area contributed by atoms with Crippen LogP contribution in [0.15, 0.2) is 0 Å². The van der Waals surface area contributed by atoms with Crippen molar-refractivity contribution in [3.63, 3.8) is 0 Å². The summed E-state index contributed by atoms with van der Waals surface area (Å²) in [5.41, 5.74) is 0. The smallest absolute Gasteiger partial charge is 0.317 e. The number of ether oxygens (including phenoxy) is 1. The summed E-state index contributed by atoms with van der Waals surface area (Å²) in [5, 5.41) is 5.69. The number of piperidine rings is 1. The van der Waals surface area contributed by atoms with E-state index in [2.05, 4.69) is 15.4 Å². The van der Waals surface area contributed by atoms with Crippen molar-refractivity contribution in [3.8, 4) is 0 Å². The van der Waals surface area contributed by atoms with Gasteiger partial charge in [0.15, 0.2) is 0 Å². The molecule has 0 saturated carbocycles. The minimum absolute atomic E-state index is 0.0429. The van der Waals surface area contributed by atoms with E-state index in [1.807, 2.05) is 0 Å². The molecule has 1 saturated heterocycles. The predicted molar refractivity (Wildman–Crippen MR) is 77.7 cm³/mol. The number of carbonyl (C=O) groups excluding carboxylic acids is 3. The Morgan fingerprint density at radius 3 is 2.71 bits per heavy atom. The highest BCUT2D eigenvalue weighted by Crippen LogP contribution is 2.10. The Labute approximate surface area is 125 Å². The van der Waals surface area contributed by atoms with Gasteiger partial charge in [0.2, 0.25) is 5.91 Å². The average molecular weight is 299 g/mol. The summed E-state index contributed by atoms with van der Waals surface area (Å²) in [6.07, 6.45) is 3.61. The summed E-state index contributed by atoms with van der Waals surface area (Å²) in [6.45, 7) is 3.29. The SMILES string of the molecule is COC(=O)CCCCNC(=O)N1CCCC(NC(C)=O)C1. The van der Waals surface area contributed by atoms with Gasteiger partial charge in [0.05, 0.1) is 7.11 Å². The summed E-state index contributed by atoms with van der Waals surface area (Å²) < 4.78 is 4.55. The zero-order valence-electron chi connectivity index (χ0n) is 12.8. The van der Waals surface area contributed by atoms with Crippen LogP contribution in [0.2, 0.25) is 0 Å². The fourth-order valence-corrected chi connectivity index (χ4v) is 2.37. The summed E-state index contributed by atoms with van der Waals surface area (Å²) >= 11 is 0. The Balaban J connectivity index is 2.19. The van der Waals surface area contributed by atoms with Crippen LogP contribution in [-0.4, -0.2) is 55.6 Å². The van der Waals surface area contributed by atoms with Crippen LogP contribution in [0.3, 0.4) is 0 Å². The van der Waals surface area contributed by atoms with E-state index in [1.165, 1.54) is 14.0 Å². The number of nitrogens with zero attached hydrogens (tertiary/aromatic N) is 1. The molecule has 0 spiro atoms. The van der Waals surface area contributed by atoms with E-state index in [0.29, 0.717) is 32.5 Å². The van der Waals surface area contributed by atoms with Crippen LogP contribution >= 0.6 is 0 Å². The number of amides is 3. The number of nitrogens with one attached hydrogen (secondary N) is 2. The maximum Gasteiger partial charge on any atom is 0.317 e. The van der Waals surface area contributed by atoms with Crippen molar-refractivity contribution in [2.45, 2.75) is 45.1 Å². The van der Waals surface area contributed by atoms with Gasteiger partial charge in [0.1, 0.15) is 0 Å². The van der Waals surface area contributed by atoms with Crippen molar-refractivity contribution in [1.29, 1.82) is 0 Å². The molecular formula is C14H25N3O4. The molecule has 0 aromatic rings. The van der Waals surface area contributed by atoms with Crippen LogP contribution in [0.1, 0.15) is 39.0 Å². The lowest BCUT2D eigenvalue weighted by atomic mass is 10.1. The number of rotatable bonds is 6. The maximum atomic E-state index is 12.0. The number of unbranched alkanes of at least 4 members (excludes halogenated alkanes) is 1. The van der Waals surface area contributed by atoms with E-state index in [0.717, 1.165) is 19.3 Å². The van der Waals surface area contributed by atoms with Gasteiger partial charge in [-0.3, -0.25) is 9.59 Å². The lowest BCUT2D eigenvalue weighted by molar-refractivity contribution is -0.140. The van der Waals surface area contributed by atoms with E-state index in [1.54, 1.807) is 4.90 Å². The molecule has 1 aliphatic heterocycles. The quantitative estimate of drug-likeness (QED) is 0.556. The fraction of sp³-hybridized carbons (Fsp3) is 0.786. The molecule has 0 radical (unpaired) electrons. The highest BCUT2D eigenvalue weighted by molar-refractivity contribution is 5.75. The van der Waals surface area contributed by atoms with Crippen LogP contribution in [0, 0.1) is 0 Å². The molecule has 120 valence electrons. The second-order valence-electron chi connectivity index (χ2n) is 5.25.